The van der Waals surface area contributed by atoms with Crippen molar-refractivity contribution < 1.29 is 4.74 Å². The van der Waals surface area contributed by atoms with Gasteiger partial charge in [0.2, 0.25) is 0 Å². The molecule has 6 nitrogen and oxygen atoms in total. The largest absolute Gasteiger partial charge is 0.496 e. The van der Waals surface area contributed by atoms with E-state index in [-0.39, 0.29) is 0 Å². The Kier molecular flexibility index (Phi) is 3.66. The average Bonchev–Trinajstić information content (AvgIpc) is 2.87. The fraction of sp³-hybridized carbons (Fsp3) is 0.214. The molecule has 3 rings (SSSR count). The summed E-state index contributed by atoms with van der Waals surface area (Å²) in [6, 6.07) is 7.86. The first-order chi connectivity index (χ1) is 10.2. The van der Waals surface area contributed by atoms with Crippen LogP contribution < -0.4 is 10.5 Å². The maximum atomic E-state index is 5.96. The molecule has 0 atom stereocenters. The monoisotopic (exact) mass is 301 g/mol. The zero-order valence-electron chi connectivity index (χ0n) is 11.8. The van der Waals surface area contributed by atoms with Crippen molar-refractivity contribution in [1.29, 1.82) is 0 Å². The molecule has 7 heteroatoms. The van der Waals surface area contributed by atoms with Crippen LogP contribution in [0.2, 0.25) is 0 Å². The molecule has 0 amide bonds. The number of rotatable bonds is 4. The molecule has 0 bridgehead atoms. The van der Waals surface area contributed by atoms with E-state index in [0.29, 0.717) is 17.4 Å². The minimum absolute atomic E-state index is 0.462. The Morgan fingerprint density at radius 3 is 2.90 bits per heavy atom. The second-order valence-corrected chi connectivity index (χ2v) is 5.49. The second kappa shape index (κ2) is 5.61. The highest BCUT2D eigenvalue weighted by molar-refractivity contribution is 7.98. The molecule has 3 aromatic rings. The number of hydrogen-bond acceptors (Lipinski definition) is 6. The molecule has 0 saturated heterocycles. The van der Waals surface area contributed by atoms with Gasteiger partial charge in [0, 0.05) is 11.9 Å². The fourth-order valence-electron chi connectivity index (χ4n) is 2.04. The van der Waals surface area contributed by atoms with E-state index in [4.69, 9.17) is 10.5 Å². The Morgan fingerprint density at radius 2 is 2.10 bits per heavy atom. The van der Waals surface area contributed by atoms with Crippen molar-refractivity contribution in [2.75, 3.05) is 12.8 Å². The number of anilines is 1. The third-order valence-electron chi connectivity index (χ3n) is 3.09. The number of nitrogen functional groups attached to an aromatic ring is 1. The Labute approximate surface area is 126 Å². The molecule has 1 aromatic carbocycles. The molecular formula is C14H15N5OS. The molecule has 2 N–H and O–H groups in total. The van der Waals surface area contributed by atoms with Crippen LogP contribution in [0.4, 0.5) is 5.82 Å². The summed E-state index contributed by atoms with van der Waals surface area (Å²) in [7, 11) is 3.50. The van der Waals surface area contributed by atoms with Gasteiger partial charge in [-0.25, -0.2) is 9.97 Å². The van der Waals surface area contributed by atoms with Gasteiger partial charge in [0.1, 0.15) is 17.4 Å². The van der Waals surface area contributed by atoms with Gasteiger partial charge in [-0.05, 0) is 12.1 Å². The van der Waals surface area contributed by atoms with Crippen LogP contribution in [0.25, 0.3) is 11.0 Å². The van der Waals surface area contributed by atoms with E-state index in [0.717, 1.165) is 21.7 Å². The molecular weight excluding hydrogens is 286 g/mol. The first-order valence-corrected chi connectivity index (χ1v) is 7.37. The van der Waals surface area contributed by atoms with E-state index < -0.39 is 0 Å². The van der Waals surface area contributed by atoms with Crippen LogP contribution in [0.5, 0.6) is 5.75 Å². The lowest BCUT2D eigenvalue weighted by Crippen LogP contribution is -2.01. The number of nitrogens with zero attached hydrogens (tertiary/aromatic N) is 4. The number of methoxy groups -OCH3 is 1. The molecule has 0 aliphatic heterocycles. The molecule has 108 valence electrons. The number of benzene rings is 1. The first kappa shape index (κ1) is 13.7. The lowest BCUT2D eigenvalue weighted by molar-refractivity contribution is 0.405. The highest BCUT2D eigenvalue weighted by Gasteiger charge is 2.10. The summed E-state index contributed by atoms with van der Waals surface area (Å²) in [5.41, 5.74) is 6.71. The van der Waals surface area contributed by atoms with E-state index in [1.54, 1.807) is 29.8 Å². The van der Waals surface area contributed by atoms with E-state index in [2.05, 4.69) is 15.1 Å². The summed E-state index contributed by atoms with van der Waals surface area (Å²) in [5.74, 6) is 2.60. The fourth-order valence-corrected chi connectivity index (χ4v) is 2.92. The molecule has 0 spiro atoms. The summed E-state index contributed by atoms with van der Waals surface area (Å²) >= 11 is 1.62. The number of aryl methyl sites for hydroxylation is 1. The van der Waals surface area contributed by atoms with Gasteiger partial charge < -0.3 is 10.5 Å². The summed E-state index contributed by atoms with van der Waals surface area (Å²) in [6.45, 7) is 0. The highest BCUT2D eigenvalue weighted by atomic mass is 32.2. The zero-order chi connectivity index (χ0) is 14.8. The first-order valence-electron chi connectivity index (χ1n) is 6.39. The molecule has 0 aliphatic rings. The molecule has 2 heterocycles. The normalized spacial score (nSPS) is 11.0. The van der Waals surface area contributed by atoms with Crippen molar-refractivity contribution in [3.8, 4) is 5.75 Å². The predicted octanol–water partition coefficient (Wildman–Crippen LogP) is 2.25. The number of ether oxygens (including phenoxy) is 1. The minimum atomic E-state index is 0.462. The topological polar surface area (TPSA) is 78.9 Å². The van der Waals surface area contributed by atoms with Crippen molar-refractivity contribution in [1.82, 2.24) is 19.7 Å². The standard InChI is InChI=1S/C14H15N5OS/c1-19-14-9(7-16-19)13(15)17-12(18-14)8-21-11-6-4-3-5-10(11)20-2/h3-7H,8H2,1-2H3,(H2,15,17,18). The van der Waals surface area contributed by atoms with Crippen LogP contribution >= 0.6 is 11.8 Å². The summed E-state index contributed by atoms with van der Waals surface area (Å²) < 4.78 is 7.03. The third kappa shape index (κ3) is 2.64. The SMILES string of the molecule is COc1ccccc1SCc1nc(N)c2cnn(C)c2n1. The van der Waals surface area contributed by atoms with Gasteiger partial charge in [0.25, 0.3) is 0 Å². The quantitative estimate of drug-likeness (QED) is 0.745. The van der Waals surface area contributed by atoms with Crippen molar-refractivity contribution in [3.63, 3.8) is 0 Å². The molecule has 0 saturated carbocycles. The number of aromatic nitrogens is 4. The Balaban J connectivity index is 1.86. The van der Waals surface area contributed by atoms with Crippen molar-refractivity contribution in [2.45, 2.75) is 10.6 Å². The van der Waals surface area contributed by atoms with Crippen LogP contribution in [0.3, 0.4) is 0 Å². The highest BCUT2D eigenvalue weighted by Crippen LogP contribution is 2.31. The number of thioether (sulfide) groups is 1. The van der Waals surface area contributed by atoms with Crippen molar-refractivity contribution in [2.24, 2.45) is 7.05 Å². The van der Waals surface area contributed by atoms with Crippen LogP contribution in [0, 0.1) is 0 Å². The zero-order valence-corrected chi connectivity index (χ0v) is 12.6. The van der Waals surface area contributed by atoms with Crippen LogP contribution in [0.1, 0.15) is 5.82 Å². The number of hydrogen-bond donors (Lipinski definition) is 1. The Morgan fingerprint density at radius 1 is 1.29 bits per heavy atom. The molecule has 0 fully saturated rings. The van der Waals surface area contributed by atoms with Crippen LogP contribution in [-0.4, -0.2) is 26.9 Å². The average molecular weight is 301 g/mol. The molecule has 2 aromatic heterocycles. The van der Waals surface area contributed by atoms with E-state index in [1.807, 2.05) is 31.3 Å². The van der Waals surface area contributed by atoms with E-state index >= 15 is 0 Å². The van der Waals surface area contributed by atoms with E-state index in [1.165, 1.54) is 0 Å². The number of fused-ring (bicyclic) bond motifs is 1. The van der Waals surface area contributed by atoms with Gasteiger partial charge in [-0.2, -0.15) is 5.10 Å². The molecule has 0 radical (unpaired) electrons. The minimum Gasteiger partial charge on any atom is -0.496 e. The summed E-state index contributed by atoms with van der Waals surface area (Å²) in [5, 5.41) is 4.93. The van der Waals surface area contributed by atoms with Gasteiger partial charge in [-0.3, -0.25) is 4.68 Å². The van der Waals surface area contributed by atoms with Gasteiger partial charge in [-0.15, -0.1) is 11.8 Å². The lowest BCUT2D eigenvalue weighted by atomic mass is 10.3. The van der Waals surface area contributed by atoms with E-state index in [9.17, 15) is 0 Å². The van der Waals surface area contributed by atoms with Crippen LogP contribution in [0.15, 0.2) is 35.4 Å². The maximum Gasteiger partial charge on any atom is 0.163 e. The van der Waals surface area contributed by atoms with Crippen molar-refractivity contribution >= 4 is 28.6 Å². The Hall–Kier alpha value is -2.28. The Bertz CT molecular complexity index is 786. The molecule has 0 aliphatic carbocycles. The maximum absolute atomic E-state index is 5.96. The van der Waals surface area contributed by atoms with Crippen LogP contribution in [-0.2, 0) is 12.8 Å². The third-order valence-corrected chi connectivity index (χ3v) is 4.14. The summed E-state index contributed by atoms with van der Waals surface area (Å²) in [4.78, 5) is 9.90. The summed E-state index contributed by atoms with van der Waals surface area (Å²) in [6.07, 6.45) is 1.68. The smallest absolute Gasteiger partial charge is 0.163 e. The second-order valence-electron chi connectivity index (χ2n) is 4.47. The van der Waals surface area contributed by atoms with Gasteiger partial charge in [-0.1, -0.05) is 12.1 Å². The van der Waals surface area contributed by atoms with Gasteiger partial charge in [0.15, 0.2) is 5.65 Å². The van der Waals surface area contributed by atoms with Crippen molar-refractivity contribution in [3.05, 3.63) is 36.3 Å². The number of nitrogens with two attached hydrogens (primary N) is 1. The number of para-hydroxylation sites is 1. The molecule has 21 heavy (non-hydrogen) atoms. The predicted molar refractivity (Wildman–Crippen MR) is 83.3 cm³/mol. The lowest BCUT2D eigenvalue weighted by Gasteiger charge is -2.07. The van der Waals surface area contributed by atoms with Gasteiger partial charge in [0.05, 0.1) is 24.4 Å². The molecule has 0 unspecified atom stereocenters. The van der Waals surface area contributed by atoms with Gasteiger partial charge >= 0.3 is 0 Å².